The van der Waals surface area contributed by atoms with Crippen molar-refractivity contribution in [1.82, 2.24) is 5.32 Å². The van der Waals surface area contributed by atoms with Crippen molar-refractivity contribution in [3.05, 3.63) is 29.6 Å². The van der Waals surface area contributed by atoms with Crippen molar-refractivity contribution in [2.45, 2.75) is 39.7 Å². The fourth-order valence-corrected chi connectivity index (χ4v) is 2.18. The normalized spacial score (nSPS) is 12.9. The number of carbonyl (C=O) groups is 1. The molecule has 0 aromatic heterocycles. The highest BCUT2D eigenvalue weighted by Crippen LogP contribution is 2.21. The molecule has 0 fully saturated rings. The van der Waals surface area contributed by atoms with Crippen LogP contribution in [0.15, 0.2) is 18.2 Å². The van der Waals surface area contributed by atoms with E-state index in [1.54, 1.807) is 6.07 Å². The van der Waals surface area contributed by atoms with E-state index in [9.17, 15) is 14.3 Å². The van der Waals surface area contributed by atoms with Crippen LogP contribution >= 0.6 is 0 Å². The van der Waals surface area contributed by atoms with Crippen molar-refractivity contribution < 1.29 is 19.0 Å². The van der Waals surface area contributed by atoms with Crippen LogP contribution in [0.4, 0.5) is 4.39 Å². The van der Waals surface area contributed by atoms with Gasteiger partial charge in [-0.05, 0) is 29.5 Å². The Kier molecular flexibility index (Phi) is 6.15. The van der Waals surface area contributed by atoms with Gasteiger partial charge < -0.3 is 15.2 Å². The van der Waals surface area contributed by atoms with Crippen molar-refractivity contribution >= 4 is 5.91 Å². The molecule has 0 aliphatic rings. The summed E-state index contributed by atoms with van der Waals surface area (Å²) in [4.78, 5) is 12.0. The van der Waals surface area contributed by atoms with E-state index in [1.807, 2.05) is 20.8 Å². The summed E-state index contributed by atoms with van der Waals surface area (Å²) in [7, 11) is 1.39. The predicted octanol–water partition coefficient (Wildman–Crippen LogP) is 2.29. The number of amides is 1. The Morgan fingerprint density at radius 2 is 2.10 bits per heavy atom. The van der Waals surface area contributed by atoms with Gasteiger partial charge in [-0.2, -0.15) is 0 Å². The molecule has 0 bridgehead atoms. The quantitative estimate of drug-likeness (QED) is 0.847. The van der Waals surface area contributed by atoms with Gasteiger partial charge in [-0.15, -0.1) is 0 Å². The highest BCUT2D eigenvalue weighted by Gasteiger charge is 2.20. The number of hydrogen-bond donors (Lipinski definition) is 2. The van der Waals surface area contributed by atoms with Crippen molar-refractivity contribution in [2.75, 3.05) is 13.7 Å². The molecule has 1 aromatic rings. The second kappa shape index (κ2) is 7.41. The smallest absolute Gasteiger partial charge is 0.224 e. The van der Waals surface area contributed by atoms with E-state index in [0.29, 0.717) is 12.0 Å². The Labute approximate surface area is 125 Å². The van der Waals surface area contributed by atoms with Crippen LogP contribution < -0.4 is 10.1 Å². The number of aliphatic hydroxyl groups is 1. The van der Waals surface area contributed by atoms with E-state index < -0.39 is 5.82 Å². The Hall–Kier alpha value is -1.62. The molecular formula is C16H24FNO3. The van der Waals surface area contributed by atoms with Gasteiger partial charge in [-0.25, -0.2) is 4.39 Å². The fraction of sp³-hybridized carbons (Fsp3) is 0.562. The molecule has 0 heterocycles. The number of benzene rings is 1. The lowest BCUT2D eigenvalue weighted by Gasteiger charge is -2.25. The number of hydrogen-bond acceptors (Lipinski definition) is 3. The number of ether oxygens (including phenoxy) is 1. The molecule has 0 radical (unpaired) electrons. The number of methoxy groups -OCH3 is 1. The zero-order valence-electron chi connectivity index (χ0n) is 13.1. The Balaban J connectivity index is 2.62. The lowest BCUT2D eigenvalue weighted by molar-refractivity contribution is -0.121. The zero-order valence-corrected chi connectivity index (χ0v) is 13.1. The number of carbonyl (C=O) groups excluding carboxylic acids is 1. The molecule has 1 unspecified atom stereocenters. The lowest BCUT2D eigenvalue weighted by Crippen LogP contribution is -2.40. The largest absolute Gasteiger partial charge is 0.494 e. The highest BCUT2D eigenvalue weighted by molar-refractivity contribution is 5.78. The zero-order chi connectivity index (χ0) is 16.0. The Morgan fingerprint density at radius 1 is 1.43 bits per heavy atom. The van der Waals surface area contributed by atoms with Crippen LogP contribution in [0.2, 0.25) is 0 Å². The van der Waals surface area contributed by atoms with Gasteiger partial charge >= 0.3 is 0 Å². The van der Waals surface area contributed by atoms with Gasteiger partial charge in [0.05, 0.1) is 26.2 Å². The maximum atomic E-state index is 13.6. The second-order valence-electron chi connectivity index (χ2n) is 6.36. The van der Waals surface area contributed by atoms with E-state index >= 15 is 0 Å². The van der Waals surface area contributed by atoms with Gasteiger partial charge in [0.1, 0.15) is 0 Å². The topological polar surface area (TPSA) is 58.6 Å². The molecule has 1 rings (SSSR count). The summed E-state index contributed by atoms with van der Waals surface area (Å²) in [6.07, 6.45) is 0.744. The van der Waals surface area contributed by atoms with Crippen molar-refractivity contribution in [3.8, 4) is 5.75 Å². The monoisotopic (exact) mass is 297 g/mol. The molecule has 0 aliphatic carbocycles. The standard InChI is InChI=1S/C16H24FNO3/c1-16(2,3)9-12(10-19)18-15(20)8-11-5-6-14(21-4)13(17)7-11/h5-7,12,19H,8-10H2,1-4H3,(H,18,20). The first kappa shape index (κ1) is 17.4. The van der Waals surface area contributed by atoms with Crippen molar-refractivity contribution in [2.24, 2.45) is 5.41 Å². The second-order valence-corrected chi connectivity index (χ2v) is 6.36. The minimum absolute atomic E-state index is 0.00684. The third-order valence-electron chi connectivity index (χ3n) is 3.03. The van der Waals surface area contributed by atoms with Crippen LogP contribution in [0.25, 0.3) is 0 Å². The average Bonchev–Trinajstić information content (AvgIpc) is 2.36. The molecule has 118 valence electrons. The van der Waals surface area contributed by atoms with Crippen LogP contribution in [0.1, 0.15) is 32.8 Å². The number of rotatable bonds is 6. The summed E-state index contributed by atoms with van der Waals surface area (Å²) in [6, 6.07) is 4.15. The molecule has 1 aromatic carbocycles. The minimum Gasteiger partial charge on any atom is -0.494 e. The van der Waals surface area contributed by atoms with Crippen LogP contribution in [0.3, 0.4) is 0 Å². The third kappa shape index (κ3) is 6.12. The van der Waals surface area contributed by atoms with Crippen molar-refractivity contribution in [1.29, 1.82) is 0 Å². The van der Waals surface area contributed by atoms with Gasteiger partial charge in [0.15, 0.2) is 11.6 Å². The van der Waals surface area contributed by atoms with E-state index in [4.69, 9.17) is 4.74 Å². The number of aliphatic hydroxyl groups excluding tert-OH is 1. The van der Waals surface area contributed by atoms with E-state index in [0.717, 1.165) is 0 Å². The van der Waals surface area contributed by atoms with E-state index in [2.05, 4.69) is 5.32 Å². The first-order chi connectivity index (χ1) is 9.75. The highest BCUT2D eigenvalue weighted by atomic mass is 19.1. The van der Waals surface area contributed by atoms with Crippen LogP contribution in [0.5, 0.6) is 5.75 Å². The molecule has 1 atom stereocenters. The summed E-state index contributed by atoms with van der Waals surface area (Å²) in [5, 5.41) is 12.1. The molecule has 1 amide bonds. The molecule has 0 saturated heterocycles. The summed E-state index contributed by atoms with van der Waals surface area (Å²) in [5.41, 5.74) is 0.575. The SMILES string of the molecule is COc1ccc(CC(=O)NC(CO)CC(C)(C)C)cc1F. The van der Waals surface area contributed by atoms with E-state index in [-0.39, 0.29) is 36.1 Å². The molecule has 5 heteroatoms. The Morgan fingerprint density at radius 3 is 2.57 bits per heavy atom. The average molecular weight is 297 g/mol. The third-order valence-corrected chi connectivity index (χ3v) is 3.03. The van der Waals surface area contributed by atoms with Gasteiger partial charge in [-0.1, -0.05) is 26.8 Å². The van der Waals surface area contributed by atoms with Crippen LogP contribution in [-0.4, -0.2) is 30.8 Å². The summed E-state index contributed by atoms with van der Waals surface area (Å²) >= 11 is 0. The summed E-state index contributed by atoms with van der Waals surface area (Å²) in [5.74, 6) is -0.570. The molecule has 2 N–H and O–H groups in total. The molecule has 4 nitrogen and oxygen atoms in total. The number of halogens is 1. The lowest BCUT2D eigenvalue weighted by atomic mass is 9.88. The molecule has 0 saturated carbocycles. The first-order valence-electron chi connectivity index (χ1n) is 6.98. The summed E-state index contributed by atoms with van der Waals surface area (Å²) < 4.78 is 18.4. The maximum Gasteiger partial charge on any atom is 0.224 e. The van der Waals surface area contributed by atoms with Gasteiger partial charge in [0.2, 0.25) is 5.91 Å². The van der Waals surface area contributed by atoms with Crippen LogP contribution in [-0.2, 0) is 11.2 Å². The van der Waals surface area contributed by atoms with Gasteiger partial charge in [0, 0.05) is 0 Å². The van der Waals surface area contributed by atoms with Crippen molar-refractivity contribution in [3.63, 3.8) is 0 Å². The fourth-order valence-electron chi connectivity index (χ4n) is 2.18. The molecule has 21 heavy (non-hydrogen) atoms. The van der Waals surface area contributed by atoms with Crippen LogP contribution in [0, 0.1) is 11.2 Å². The maximum absolute atomic E-state index is 13.6. The summed E-state index contributed by atoms with van der Waals surface area (Å²) in [6.45, 7) is 6.02. The Bertz CT molecular complexity index is 483. The predicted molar refractivity (Wildman–Crippen MR) is 79.7 cm³/mol. The van der Waals surface area contributed by atoms with E-state index in [1.165, 1.54) is 19.2 Å². The van der Waals surface area contributed by atoms with Gasteiger partial charge in [-0.3, -0.25) is 4.79 Å². The molecule has 0 aliphatic heterocycles. The minimum atomic E-state index is -0.490. The molecule has 0 spiro atoms. The first-order valence-corrected chi connectivity index (χ1v) is 6.98. The number of nitrogens with one attached hydrogen (secondary N) is 1. The van der Waals surface area contributed by atoms with Gasteiger partial charge in [0.25, 0.3) is 0 Å². The molecular weight excluding hydrogens is 273 g/mol.